The topological polar surface area (TPSA) is 80.9 Å². The lowest BCUT2D eigenvalue weighted by Gasteiger charge is -2.33. The lowest BCUT2D eigenvalue weighted by atomic mass is 9.88. The van der Waals surface area contributed by atoms with E-state index >= 15 is 0 Å². The highest BCUT2D eigenvalue weighted by Gasteiger charge is 2.29. The van der Waals surface area contributed by atoms with Gasteiger partial charge in [-0.2, -0.15) is 0 Å². The lowest BCUT2D eigenvalue weighted by molar-refractivity contribution is 0.0878. The third-order valence-corrected chi connectivity index (χ3v) is 3.19. The van der Waals surface area contributed by atoms with Crippen molar-refractivity contribution in [1.82, 2.24) is 14.9 Å². The SMILES string of the molecule is CC(C)C(C)(CN)NC(=O)c1csnn1. The van der Waals surface area contributed by atoms with Gasteiger partial charge < -0.3 is 11.1 Å². The van der Waals surface area contributed by atoms with Crippen molar-refractivity contribution >= 4 is 17.4 Å². The zero-order chi connectivity index (χ0) is 11.5. The van der Waals surface area contributed by atoms with Crippen LogP contribution in [0.3, 0.4) is 0 Å². The van der Waals surface area contributed by atoms with Gasteiger partial charge in [0.25, 0.3) is 5.91 Å². The van der Waals surface area contributed by atoms with Gasteiger partial charge >= 0.3 is 0 Å². The molecule has 0 spiro atoms. The minimum atomic E-state index is -0.402. The molecule has 0 aliphatic rings. The van der Waals surface area contributed by atoms with Crippen molar-refractivity contribution in [1.29, 1.82) is 0 Å². The van der Waals surface area contributed by atoms with Gasteiger partial charge in [-0.1, -0.05) is 18.3 Å². The molecule has 84 valence electrons. The molecule has 3 N–H and O–H groups in total. The van der Waals surface area contributed by atoms with Crippen molar-refractivity contribution in [2.24, 2.45) is 11.7 Å². The van der Waals surface area contributed by atoms with Gasteiger partial charge in [-0.25, -0.2) is 0 Å². The molecule has 1 aromatic heterocycles. The number of hydrogen-bond donors (Lipinski definition) is 2. The van der Waals surface area contributed by atoms with Crippen molar-refractivity contribution in [3.05, 3.63) is 11.1 Å². The third kappa shape index (κ3) is 2.73. The zero-order valence-corrected chi connectivity index (χ0v) is 9.97. The van der Waals surface area contributed by atoms with Crippen molar-refractivity contribution in [3.8, 4) is 0 Å². The predicted octanol–water partition coefficient (Wildman–Crippen LogP) is 0.641. The Balaban J connectivity index is 2.72. The number of nitrogens with one attached hydrogen (secondary N) is 1. The first-order chi connectivity index (χ1) is 6.99. The quantitative estimate of drug-likeness (QED) is 0.792. The largest absolute Gasteiger partial charge is 0.344 e. The molecule has 0 aliphatic carbocycles. The standard InChI is InChI=1S/C9H16N4OS/c1-6(2)9(3,5-10)11-8(14)7-4-15-13-12-7/h4,6H,5,10H2,1-3H3,(H,11,14). The van der Waals surface area contributed by atoms with E-state index in [1.54, 1.807) is 5.38 Å². The Labute approximate surface area is 93.2 Å². The van der Waals surface area contributed by atoms with Crippen LogP contribution >= 0.6 is 11.5 Å². The van der Waals surface area contributed by atoms with Gasteiger partial charge in [-0.05, 0) is 24.4 Å². The van der Waals surface area contributed by atoms with Crippen LogP contribution < -0.4 is 11.1 Å². The van der Waals surface area contributed by atoms with Crippen LogP contribution in [0.4, 0.5) is 0 Å². The van der Waals surface area contributed by atoms with Crippen LogP contribution in [0.2, 0.25) is 0 Å². The molecule has 0 aromatic carbocycles. The molecule has 1 heterocycles. The van der Waals surface area contributed by atoms with E-state index < -0.39 is 5.54 Å². The number of amides is 1. The van der Waals surface area contributed by atoms with E-state index in [1.165, 1.54) is 0 Å². The average Bonchev–Trinajstić information content (AvgIpc) is 2.70. The summed E-state index contributed by atoms with van der Waals surface area (Å²) in [6.45, 7) is 6.36. The highest BCUT2D eigenvalue weighted by atomic mass is 32.1. The molecule has 1 amide bonds. The van der Waals surface area contributed by atoms with E-state index in [0.29, 0.717) is 12.2 Å². The Morgan fingerprint density at radius 3 is 2.80 bits per heavy atom. The number of carbonyl (C=O) groups is 1. The summed E-state index contributed by atoms with van der Waals surface area (Å²) in [5, 5.41) is 8.21. The summed E-state index contributed by atoms with van der Waals surface area (Å²) in [5.74, 6) is 0.0449. The van der Waals surface area contributed by atoms with Crippen molar-refractivity contribution in [2.45, 2.75) is 26.3 Å². The van der Waals surface area contributed by atoms with Crippen molar-refractivity contribution in [3.63, 3.8) is 0 Å². The Morgan fingerprint density at radius 1 is 1.73 bits per heavy atom. The number of hydrogen-bond acceptors (Lipinski definition) is 5. The summed E-state index contributed by atoms with van der Waals surface area (Å²) in [6, 6.07) is 0. The molecule has 1 unspecified atom stereocenters. The molecule has 0 aliphatic heterocycles. The van der Waals surface area contributed by atoms with Gasteiger partial charge in [0.2, 0.25) is 0 Å². The van der Waals surface area contributed by atoms with Gasteiger partial charge in [0.1, 0.15) is 0 Å². The summed E-state index contributed by atoms with van der Waals surface area (Å²) in [6.07, 6.45) is 0. The number of rotatable bonds is 4. The molecule has 0 fully saturated rings. The van der Waals surface area contributed by atoms with Gasteiger partial charge in [0.15, 0.2) is 5.69 Å². The van der Waals surface area contributed by atoms with Gasteiger partial charge in [0, 0.05) is 11.9 Å². The Kier molecular flexibility index (Phi) is 3.76. The van der Waals surface area contributed by atoms with Crippen LogP contribution in [0.25, 0.3) is 0 Å². The smallest absolute Gasteiger partial charge is 0.273 e. The maximum absolute atomic E-state index is 11.7. The molecule has 0 radical (unpaired) electrons. The first-order valence-electron chi connectivity index (χ1n) is 4.79. The summed E-state index contributed by atoms with van der Waals surface area (Å²) in [5.41, 5.74) is 5.61. The number of nitrogens with zero attached hydrogens (tertiary/aromatic N) is 2. The van der Waals surface area contributed by atoms with E-state index in [-0.39, 0.29) is 11.8 Å². The van der Waals surface area contributed by atoms with E-state index in [9.17, 15) is 4.79 Å². The molecule has 6 heteroatoms. The maximum atomic E-state index is 11.7. The Morgan fingerprint density at radius 2 is 2.40 bits per heavy atom. The number of aromatic nitrogens is 2. The normalized spacial score (nSPS) is 15.0. The monoisotopic (exact) mass is 228 g/mol. The highest BCUT2D eigenvalue weighted by molar-refractivity contribution is 7.03. The summed E-state index contributed by atoms with van der Waals surface area (Å²) in [7, 11) is 0. The van der Waals surface area contributed by atoms with Crippen molar-refractivity contribution < 1.29 is 4.79 Å². The van der Waals surface area contributed by atoms with Crippen LogP contribution in [-0.4, -0.2) is 27.6 Å². The second-order valence-electron chi connectivity index (χ2n) is 4.02. The molecule has 0 saturated carbocycles. The fourth-order valence-corrected chi connectivity index (χ4v) is 1.45. The molecule has 15 heavy (non-hydrogen) atoms. The molecule has 1 rings (SSSR count). The molecule has 5 nitrogen and oxygen atoms in total. The summed E-state index contributed by atoms with van der Waals surface area (Å²) >= 11 is 1.16. The van der Waals surface area contributed by atoms with Gasteiger partial charge in [0.05, 0.1) is 5.54 Å². The van der Waals surface area contributed by atoms with E-state index in [0.717, 1.165) is 11.5 Å². The van der Waals surface area contributed by atoms with Crippen LogP contribution in [-0.2, 0) is 0 Å². The Hall–Kier alpha value is -1.01. The first-order valence-corrected chi connectivity index (χ1v) is 5.63. The van der Waals surface area contributed by atoms with Crippen LogP contribution in [0.1, 0.15) is 31.3 Å². The molecule has 1 aromatic rings. The zero-order valence-electron chi connectivity index (χ0n) is 9.15. The molecular formula is C9H16N4OS. The van der Waals surface area contributed by atoms with Crippen LogP contribution in [0.5, 0.6) is 0 Å². The van der Waals surface area contributed by atoms with Crippen LogP contribution in [0, 0.1) is 5.92 Å². The molecule has 0 bridgehead atoms. The Bertz CT molecular complexity index is 325. The minimum absolute atomic E-state index is 0.217. The average molecular weight is 228 g/mol. The predicted molar refractivity (Wildman–Crippen MR) is 59.7 cm³/mol. The number of nitrogens with two attached hydrogens (primary N) is 1. The first kappa shape index (κ1) is 12.1. The van der Waals surface area contributed by atoms with Crippen molar-refractivity contribution in [2.75, 3.05) is 6.54 Å². The van der Waals surface area contributed by atoms with E-state index in [1.807, 2.05) is 20.8 Å². The molecule has 1 atom stereocenters. The van der Waals surface area contributed by atoms with E-state index in [4.69, 9.17) is 5.73 Å². The lowest BCUT2D eigenvalue weighted by Crippen LogP contribution is -2.55. The molecular weight excluding hydrogens is 212 g/mol. The summed E-state index contributed by atoms with van der Waals surface area (Å²) in [4.78, 5) is 11.7. The fourth-order valence-electron chi connectivity index (χ4n) is 1.02. The van der Waals surface area contributed by atoms with Crippen LogP contribution in [0.15, 0.2) is 5.38 Å². The second-order valence-corrected chi connectivity index (χ2v) is 4.63. The molecule has 0 saturated heterocycles. The fraction of sp³-hybridized carbons (Fsp3) is 0.667. The third-order valence-electron chi connectivity index (χ3n) is 2.69. The minimum Gasteiger partial charge on any atom is -0.344 e. The van der Waals surface area contributed by atoms with E-state index in [2.05, 4.69) is 14.9 Å². The van der Waals surface area contributed by atoms with Gasteiger partial charge in [-0.15, -0.1) is 5.10 Å². The second kappa shape index (κ2) is 4.67. The summed E-state index contributed by atoms with van der Waals surface area (Å²) < 4.78 is 3.64. The maximum Gasteiger partial charge on any atom is 0.273 e. The van der Waals surface area contributed by atoms with Gasteiger partial charge in [-0.3, -0.25) is 4.79 Å². The highest BCUT2D eigenvalue weighted by Crippen LogP contribution is 2.15. The number of carbonyl (C=O) groups excluding carboxylic acids is 1.